The highest BCUT2D eigenvalue weighted by molar-refractivity contribution is 5.95. The van der Waals surface area contributed by atoms with Crippen LogP contribution < -0.4 is 16.2 Å². The normalized spacial score (nSPS) is 10.5. The molecule has 0 spiro atoms. The zero-order valence-electron chi connectivity index (χ0n) is 18.7. The van der Waals surface area contributed by atoms with Gasteiger partial charge in [-0.25, -0.2) is 0 Å². The summed E-state index contributed by atoms with van der Waals surface area (Å²) in [6, 6.07) is 7.34. The second kappa shape index (κ2) is 10.4. The van der Waals surface area contributed by atoms with Gasteiger partial charge in [-0.3, -0.25) is 14.4 Å². The second-order valence-corrected chi connectivity index (χ2v) is 7.62. The fourth-order valence-electron chi connectivity index (χ4n) is 3.47. The molecule has 3 aromatic rings. The molecular formula is C23H24N6O5. The highest BCUT2D eigenvalue weighted by atomic mass is 16.3. The lowest BCUT2D eigenvalue weighted by Crippen LogP contribution is -2.25. The molecule has 0 aliphatic carbocycles. The van der Waals surface area contributed by atoms with E-state index in [1.807, 2.05) is 0 Å². The van der Waals surface area contributed by atoms with Crippen molar-refractivity contribution < 1.29 is 15.0 Å². The van der Waals surface area contributed by atoms with Crippen LogP contribution >= 0.6 is 0 Å². The standard InChI is InChI=1S/C23H24N6O5/c1-14-21(32)19(30)5-9-28(14)17-11-16(23(34)25-7-3-4-8-26-27-24)12-18(13-17)29-10-6-20(31)22(33)15(29)2/h5-6,9-13,32-33H,3-4,7-8H2,1-2H3,(H,25,34). The third-order valence-electron chi connectivity index (χ3n) is 5.38. The Labute approximate surface area is 194 Å². The van der Waals surface area contributed by atoms with Crippen molar-refractivity contribution in [2.24, 2.45) is 5.11 Å². The van der Waals surface area contributed by atoms with Crippen LogP contribution in [0, 0.1) is 13.8 Å². The average Bonchev–Trinajstić information content (AvgIpc) is 2.83. The molecule has 3 rings (SSSR count). The Morgan fingerprint density at radius 2 is 1.50 bits per heavy atom. The SMILES string of the molecule is Cc1c(O)c(=O)ccn1-c1cc(C(=O)NCCCCN=[N+]=[N-])cc(-n2ccc(=O)c(O)c2C)c1. The lowest BCUT2D eigenvalue weighted by Gasteiger charge is -2.18. The molecule has 0 fully saturated rings. The molecule has 11 nitrogen and oxygen atoms in total. The number of azide groups is 1. The van der Waals surface area contributed by atoms with Gasteiger partial charge in [0.1, 0.15) is 0 Å². The number of carbonyl (C=O) groups is 1. The topological polar surface area (TPSA) is 162 Å². The van der Waals surface area contributed by atoms with Crippen LogP contribution in [0.3, 0.4) is 0 Å². The first-order valence-corrected chi connectivity index (χ1v) is 10.5. The van der Waals surface area contributed by atoms with Crippen molar-refractivity contribution in [3.05, 3.63) is 90.6 Å². The summed E-state index contributed by atoms with van der Waals surface area (Å²) in [4.78, 5) is 39.2. The van der Waals surface area contributed by atoms with E-state index < -0.39 is 22.4 Å². The number of aromatic hydroxyl groups is 2. The first kappa shape index (κ1) is 24.1. The summed E-state index contributed by atoms with van der Waals surface area (Å²) in [7, 11) is 0. The number of hydrogen-bond donors (Lipinski definition) is 3. The summed E-state index contributed by atoms with van der Waals surface area (Å²) in [6.07, 6.45) is 4.23. The lowest BCUT2D eigenvalue weighted by atomic mass is 10.1. The van der Waals surface area contributed by atoms with Gasteiger partial charge in [-0.2, -0.15) is 0 Å². The predicted molar refractivity (Wildman–Crippen MR) is 126 cm³/mol. The van der Waals surface area contributed by atoms with Crippen molar-refractivity contribution in [1.82, 2.24) is 14.5 Å². The number of amides is 1. The lowest BCUT2D eigenvalue weighted by molar-refractivity contribution is 0.0953. The van der Waals surface area contributed by atoms with Gasteiger partial charge >= 0.3 is 0 Å². The monoisotopic (exact) mass is 464 g/mol. The van der Waals surface area contributed by atoms with Crippen molar-refractivity contribution in [3.8, 4) is 22.9 Å². The Kier molecular flexibility index (Phi) is 7.39. The highest BCUT2D eigenvalue weighted by Crippen LogP contribution is 2.23. The molecule has 0 aliphatic rings. The molecule has 0 saturated heterocycles. The van der Waals surface area contributed by atoms with Crippen molar-refractivity contribution >= 4 is 5.91 Å². The van der Waals surface area contributed by atoms with E-state index in [0.29, 0.717) is 37.3 Å². The number of hydrogen-bond acceptors (Lipinski definition) is 6. The van der Waals surface area contributed by atoms with Crippen LogP contribution in [0.4, 0.5) is 0 Å². The molecule has 1 amide bonds. The third-order valence-corrected chi connectivity index (χ3v) is 5.38. The molecule has 176 valence electrons. The van der Waals surface area contributed by atoms with Gasteiger partial charge < -0.3 is 24.7 Å². The zero-order chi connectivity index (χ0) is 24.8. The minimum Gasteiger partial charge on any atom is -0.503 e. The molecular weight excluding hydrogens is 440 g/mol. The van der Waals surface area contributed by atoms with Crippen LogP contribution in [0.25, 0.3) is 21.8 Å². The summed E-state index contributed by atoms with van der Waals surface area (Å²) >= 11 is 0. The highest BCUT2D eigenvalue weighted by Gasteiger charge is 2.15. The number of rotatable bonds is 8. The smallest absolute Gasteiger partial charge is 0.251 e. The minimum atomic E-state index is -0.523. The molecule has 2 aromatic heterocycles. The van der Waals surface area contributed by atoms with Crippen LogP contribution in [0.15, 0.2) is 57.4 Å². The van der Waals surface area contributed by atoms with Crippen molar-refractivity contribution in [3.63, 3.8) is 0 Å². The van der Waals surface area contributed by atoms with E-state index in [1.165, 1.54) is 24.5 Å². The number of pyridine rings is 2. The molecule has 11 heteroatoms. The van der Waals surface area contributed by atoms with Gasteiger partial charge in [0.15, 0.2) is 11.5 Å². The van der Waals surface area contributed by atoms with Crippen LogP contribution in [0.2, 0.25) is 0 Å². The first-order chi connectivity index (χ1) is 16.2. The molecule has 0 saturated carbocycles. The quantitative estimate of drug-likeness (QED) is 0.202. The Hall–Kier alpha value is -4.50. The van der Waals surface area contributed by atoms with E-state index in [-0.39, 0.29) is 22.9 Å². The average molecular weight is 464 g/mol. The molecule has 2 heterocycles. The summed E-state index contributed by atoms with van der Waals surface area (Å²) in [5.74, 6) is -1.18. The summed E-state index contributed by atoms with van der Waals surface area (Å²) < 4.78 is 3.13. The Morgan fingerprint density at radius 1 is 0.971 bits per heavy atom. The van der Waals surface area contributed by atoms with Crippen LogP contribution in [-0.2, 0) is 0 Å². The fraction of sp³-hybridized carbons (Fsp3) is 0.261. The van der Waals surface area contributed by atoms with Gasteiger partial charge in [0, 0.05) is 59.5 Å². The maximum atomic E-state index is 12.9. The molecule has 0 unspecified atom stereocenters. The number of unbranched alkanes of at least 4 members (excludes halogenated alkanes) is 1. The minimum absolute atomic E-state index is 0.286. The van der Waals surface area contributed by atoms with E-state index in [1.54, 1.807) is 41.2 Å². The third kappa shape index (κ3) is 5.11. The van der Waals surface area contributed by atoms with E-state index >= 15 is 0 Å². The van der Waals surface area contributed by atoms with Gasteiger partial charge in [-0.1, -0.05) is 5.11 Å². The second-order valence-electron chi connectivity index (χ2n) is 7.62. The van der Waals surface area contributed by atoms with Gasteiger partial charge in [-0.15, -0.1) is 0 Å². The predicted octanol–water partition coefficient (Wildman–Crippen LogP) is 2.84. The molecule has 0 bridgehead atoms. The molecule has 34 heavy (non-hydrogen) atoms. The summed E-state index contributed by atoms with van der Waals surface area (Å²) in [5.41, 5.74) is 9.10. The summed E-state index contributed by atoms with van der Waals surface area (Å²) in [5, 5.41) is 26.5. The Morgan fingerprint density at radius 3 is 2.00 bits per heavy atom. The van der Waals surface area contributed by atoms with E-state index in [4.69, 9.17) is 5.53 Å². The molecule has 0 atom stereocenters. The number of carbonyl (C=O) groups excluding carboxylic acids is 1. The molecule has 3 N–H and O–H groups in total. The maximum Gasteiger partial charge on any atom is 0.251 e. The number of aromatic nitrogens is 2. The van der Waals surface area contributed by atoms with Crippen LogP contribution in [-0.4, -0.2) is 38.3 Å². The largest absolute Gasteiger partial charge is 0.503 e. The van der Waals surface area contributed by atoms with E-state index in [2.05, 4.69) is 15.3 Å². The van der Waals surface area contributed by atoms with Crippen LogP contribution in [0.1, 0.15) is 34.6 Å². The van der Waals surface area contributed by atoms with Crippen LogP contribution in [0.5, 0.6) is 11.5 Å². The van der Waals surface area contributed by atoms with Gasteiger partial charge in [-0.05, 0) is 50.4 Å². The Balaban J connectivity index is 2.06. The first-order valence-electron chi connectivity index (χ1n) is 10.5. The number of benzene rings is 1. The van der Waals surface area contributed by atoms with Crippen molar-refractivity contribution in [1.29, 1.82) is 0 Å². The van der Waals surface area contributed by atoms with E-state index in [9.17, 15) is 24.6 Å². The summed E-state index contributed by atoms with van der Waals surface area (Å²) in [6.45, 7) is 3.86. The Bertz CT molecular complexity index is 1320. The number of nitrogens with zero attached hydrogens (tertiary/aromatic N) is 5. The maximum absolute atomic E-state index is 12.9. The van der Waals surface area contributed by atoms with E-state index in [0.717, 1.165) is 0 Å². The molecule has 1 aromatic carbocycles. The molecule has 0 aliphatic heterocycles. The van der Waals surface area contributed by atoms with Gasteiger partial charge in [0.05, 0.1) is 11.4 Å². The van der Waals surface area contributed by atoms with Crippen molar-refractivity contribution in [2.45, 2.75) is 26.7 Å². The van der Waals surface area contributed by atoms with Gasteiger partial charge in [0.2, 0.25) is 10.9 Å². The number of nitrogens with one attached hydrogen (secondary N) is 1. The van der Waals surface area contributed by atoms with Gasteiger partial charge in [0.25, 0.3) is 5.91 Å². The zero-order valence-corrected chi connectivity index (χ0v) is 18.7. The fourth-order valence-corrected chi connectivity index (χ4v) is 3.47. The molecule has 0 radical (unpaired) electrons. The van der Waals surface area contributed by atoms with Crippen molar-refractivity contribution in [2.75, 3.05) is 13.1 Å².